The molecule has 0 aliphatic rings. The summed E-state index contributed by atoms with van der Waals surface area (Å²) in [6, 6.07) is 12.0. The quantitative estimate of drug-likeness (QED) is 0.847. The van der Waals surface area contributed by atoms with E-state index in [4.69, 9.17) is 9.47 Å². The van der Waals surface area contributed by atoms with E-state index in [1.54, 1.807) is 18.2 Å². The topological polar surface area (TPSA) is 86.2 Å². The van der Waals surface area contributed by atoms with E-state index in [1.165, 1.54) is 12.7 Å². The van der Waals surface area contributed by atoms with Crippen LogP contribution < -0.4 is 20.3 Å². The first kappa shape index (κ1) is 15.9. The largest absolute Gasteiger partial charge is 0.544 e. The highest BCUT2D eigenvalue weighted by atomic mass is 16.5. The van der Waals surface area contributed by atoms with Crippen molar-refractivity contribution < 1.29 is 25.1 Å². The molecular formula is C17H19NO4. The van der Waals surface area contributed by atoms with Gasteiger partial charge in [-0.3, -0.25) is 0 Å². The van der Waals surface area contributed by atoms with Gasteiger partial charge >= 0.3 is 0 Å². The van der Waals surface area contributed by atoms with Gasteiger partial charge in [0.1, 0.15) is 12.6 Å². The number of carbonyl (C=O) groups is 1. The van der Waals surface area contributed by atoms with Crippen LogP contribution in [0.3, 0.4) is 0 Å². The van der Waals surface area contributed by atoms with Gasteiger partial charge in [-0.2, -0.15) is 0 Å². The molecule has 0 bridgehead atoms. The molecule has 0 unspecified atom stereocenters. The van der Waals surface area contributed by atoms with Crippen LogP contribution in [-0.2, 0) is 11.4 Å². The minimum Gasteiger partial charge on any atom is -0.544 e. The number of aliphatic carboxylic acids is 1. The SMILES string of the molecule is COc1cc([C@@H]([NH3+])C(=O)[O-])ccc1OCc1ccc(C)cc1. The lowest BCUT2D eigenvalue weighted by atomic mass is 10.1. The van der Waals surface area contributed by atoms with E-state index >= 15 is 0 Å². The van der Waals surface area contributed by atoms with E-state index in [0.717, 1.165) is 5.56 Å². The standard InChI is InChI=1S/C17H19NO4/c1-11-3-5-12(6-4-11)10-22-14-8-7-13(9-15(14)21-2)16(18)17(19)20/h3-9,16H,10,18H2,1-2H3,(H,19,20)/t16-/m1/s1. The van der Waals surface area contributed by atoms with Gasteiger partial charge in [-0.25, -0.2) is 0 Å². The Hall–Kier alpha value is -2.53. The van der Waals surface area contributed by atoms with Gasteiger partial charge in [0, 0.05) is 5.56 Å². The highest BCUT2D eigenvalue weighted by Gasteiger charge is 2.14. The smallest absolute Gasteiger partial charge is 0.161 e. The minimum atomic E-state index is -1.23. The molecule has 5 heteroatoms. The Morgan fingerprint density at radius 2 is 1.86 bits per heavy atom. The Labute approximate surface area is 129 Å². The van der Waals surface area contributed by atoms with Gasteiger partial charge in [-0.05, 0) is 30.7 Å². The van der Waals surface area contributed by atoms with Crippen LogP contribution in [0.2, 0.25) is 0 Å². The normalized spacial score (nSPS) is 11.8. The predicted molar refractivity (Wildman–Crippen MR) is 79.1 cm³/mol. The summed E-state index contributed by atoms with van der Waals surface area (Å²) in [7, 11) is 1.51. The van der Waals surface area contributed by atoms with Crippen molar-refractivity contribution >= 4 is 5.97 Å². The summed E-state index contributed by atoms with van der Waals surface area (Å²) in [6.07, 6.45) is 0. The number of benzene rings is 2. The second kappa shape index (κ2) is 6.95. The number of methoxy groups -OCH3 is 1. The first-order valence-corrected chi connectivity index (χ1v) is 6.91. The monoisotopic (exact) mass is 301 g/mol. The second-order valence-electron chi connectivity index (χ2n) is 5.06. The predicted octanol–water partition coefficient (Wildman–Crippen LogP) is 0.616. The first-order valence-electron chi connectivity index (χ1n) is 6.91. The van der Waals surface area contributed by atoms with E-state index < -0.39 is 12.0 Å². The Balaban J connectivity index is 2.13. The summed E-state index contributed by atoms with van der Waals surface area (Å²) >= 11 is 0. The van der Waals surface area contributed by atoms with E-state index in [-0.39, 0.29) is 0 Å². The van der Waals surface area contributed by atoms with Crippen molar-refractivity contribution in [3.8, 4) is 11.5 Å². The fraction of sp³-hybridized carbons (Fsp3) is 0.235. The molecule has 2 aromatic carbocycles. The molecule has 2 aromatic rings. The molecule has 2 rings (SSSR count). The number of quaternary nitrogens is 1. The lowest BCUT2D eigenvalue weighted by molar-refractivity contribution is -0.443. The third-order valence-electron chi connectivity index (χ3n) is 3.39. The first-order chi connectivity index (χ1) is 10.5. The highest BCUT2D eigenvalue weighted by Crippen LogP contribution is 2.30. The Kier molecular flexibility index (Phi) is 5.01. The van der Waals surface area contributed by atoms with Crippen molar-refractivity contribution in [3.63, 3.8) is 0 Å². The second-order valence-corrected chi connectivity index (χ2v) is 5.06. The fourth-order valence-electron chi connectivity index (χ4n) is 2.00. The van der Waals surface area contributed by atoms with Gasteiger partial charge in [0.05, 0.1) is 7.11 Å². The summed E-state index contributed by atoms with van der Waals surface area (Å²) < 4.78 is 11.0. The van der Waals surface area contributed by atoms with Crippen molar-refractivity contribution in [2.75, 3.05) is 7.11 Å². The van der Waals surface area contributed by atoms with Crippen LogP contribution in [0, 0.1) is 6.92 Å². The molecule has 0 fully saturated rings. The maximum absolute atomic E-state index is 10.9. The number of ether oxygens (including phenoxy) is 2. The van der Waals surface area contributed by atoms with Crippen LogP contribution in [0.5, 0.6) is 11.5 Å². The average molecular weight is 301 g/mol. The van der Waals surface area contributed by atoms with E-state index in [1.807, 2.05) is 31.2 Å². The Morgan fingerprint density at radius 1 is 1.18 bits per heavy atom. The summed E-state index contributed by atoms with van der Waals surface area (Å²) in [5.74, 6) is -0.202. The molecule has 0 heterocycles. The zero-order valence-electron chi connectivity index (χ0n) is 12.7. The molecule has 0 saturated heterocycles. The van der Waals surface area contributed by atoms with E-state index in [0.29, 0.717) is 23.7 Å². The van der Waals surface area contributed by atoms with Crippen LogP contribution in [-0.4, -0.2) is 13.1 Å². The van der Waals surface area contributed by atoms with E-state index in [2.05, 4.69) is 5.73 Å². The van der Waals surface area contributed by atoms with E-state index in [9.17, 15) is 9.90 Å². The molecule has 0 saturated carbocycles. The molecule has 0 radical (unpaired) electrons. The number of carboxylic acid groups (broad SMARTS) is 1. The van der Waals surface area contributed by atoms with Crippen molar-refractivity contribution in [1.82, 2.24) is 0 Å². The van der Waals surface area contributed by atoms with Gasteiger partial charge in [0.2, 0.25) is 0 Å². The van der Waals surface area contributed by atoms with Gasteiger partial charge in [0.25, 0.3) is 0 Å². The summed E-state index contributed by atoms with van der Waals surface area (Å²) in [6.45, 7) is 2.43. The minimum absolute atomic E-state index is 0.407. The maximum atomic E-state index is 10.9. The molecule has 1 atom stereocenters. The zero-order chi connectivity index (χ0) is 16.1. The molecular weight excluding hydrogens is 282 g/mol. The van der Waals surface area contributed by atoms with Crippen LogP contribution in [0.1, 0.15) is 22.7 Å². The van der Waals surface area contributed by atoms with Gasteiger partial charge in [-0.15, -0.1) is 0 Å². The number of rotatable bonds is 6. The summed E-state index contributed by atoms with van der Waals surface area (Å²) in [5, 5.41) is 10.9. The molecule has 0 aromatic heterocycles. The van der Waals surface area contributed by atoms with Crippen molar-refractivity contribution in [2.24, 2.45) is 0 Å². The molecule has 0 aliphatic heterocycles. The van der Waals surface area contributed by atoms with Crippen LogP contribution in [0.25, 0.3) is 0 Å². The van der Waals surface area contributed by atoms with Crippen LogP contribution in [0.4, 0.5) is 0 Å². The maximum Gasteiger partial charge on any atom is 0.161 e. The highest BCUT2D eigenvalue weighted by molar-refractivity contribution is 5.72. The van der Waals surface area contributed by atoms with Crippen molar-refractivity contribution in [2.45, 2.75) is 19.6 Å². The summed E-state index contributed by atoms with van der Waals surface area (Å²) in [5.41, 5.74) is 6.30. The molecule has 5 nitrogen and oxygen atoms in total. The number of aryl methyl sites for hydroxylation is 1. The van der Waals surface area contributed by atoms with Gasteiger partial charge < -0.3 is 25.1 Å². The molecule has 116 valence electrons. The van der Waals surface area contributed by atoms with Gasteiger partial charge in [-0.1, -0.05) is 29.8 Å². The number of hydrogen-bond donors (Lipinski definition) is 1. The van der Waals surface area contributed by atoms with Crippen LogP contribution >= 0.6 is 0 Å². The molecule has 0 spiro atoms. The van der Waals surface area contributed by atoms with Gasteiger partial charge in [0.15, 0.2) is 17.5 Å². The fourth-order valence-corrected chi connectivity index (χ4v) is 2.00. The third-order valence-corrected chi connectivity index (χ3v) is 3.39. The number of carboxylic acids is 1. The Morgan fingerprint density at radius 3 is 2.45 bits per heavy atom. The van der Waals surface area contributed by atoms with Crippen LogP contribution in [0.15, 0.2) is 42.5 Å². The van der Waals surface area contributed by atoms with Crippen molar-refractivity contribution in [1.29, 1.82) is 0 Å². The molecule has 0 aliphatic carbocycles. The lowest BCUT2D eigenvalue weighted by Gasteiger charge is -2.14. The summed E-state index contributed by atoms with van der Waals surface area (Å²) in [4.78, 5) is 10.9. The number of carbonyl (C=O) groups excluding carboxylic acids is 1. The zero-order valence-corrected chi connectivity index (χ0v) is 12.7. The molecule has 22 heavy (non-hydrogen) atoms. The third kappa shape index (κ3) is 3.77. The average Bonchev–Trinajstić information content (AvgIpc) is 2.53. The number of hydrogen-bond acceptors (Lipinski definition) is 4. The Bertz CT molecular complexity index is 652. The van der Waals surface area contributed by atoms with Crippen molar-refractivity contribution in [3.05, 3.63) is 59.2 Å². The molecule has 3 N–H and O–H groups in total. The lowest BCUT2D eigenvalue weighted by Crippen LogP contribution is -2.61. The molecule has 0 amide bonds.